The fraction of sp³-hybridized carbons (Fsp3) is 0.412. The van der Waals surface area contributed by atoms with E-state index in [9.17, 15) is 4.79 Å². The van der Waals surface area contributed by atoms with Gasteiger partial charge in [-0.15, -0.1) is 0 Å². The summed E-state index contributed by atoms with van der Waals surface area (Å²) in [6.45, 7) is 4.40. The van der Waals surface area contributed by atoms with Crippen molar-refractivity contribution in [2.45, 2.75) is 37.3 Å². The third-order valence-corrected chi connectivity index (χ3v) is 5.19. The summed E-state index contributed by atoms with van der Waals surface area (Å²) in [5, 5.41) is 3.55. The zero-order valence-corrected chi connectivity index (χ0v) is 14.8. The van der Waals surface area contributed by atoms with Gasteiger partial charge >= 0.3 is 0 Å². The van der Waals surface area contributed by atoms with Crippen LogP contribution in [0.2, 0.25) is 0 Å². The van der Waals surface area contributed by atoms with Gasteiger partial charge in [0.1, 0.15) is 11.6 Å². The Morgan fingerprint density at radius 3 is 2.79 bits per heavy atom. The van der Waals surface area contributed by atoms with Crippen molar-refractivity contribution in [3.63, 3.8) is 0 Å². The summed E-state index contributed by atoms with van der Waals surface area (Å²) in [6, 6.07) is 3.98. The van der Waals surface area contributed by atoms with Crippen LogP contribution in [0, 0.1) is 6.92 Å². The highest BCUT2D eigenvalue weighted by Crippen LogP contribution is 2.58. The van der Waals surface area contributed by atoms with Crippen LogP contribution in [0.3, 0.4) is 0 Å². The first-order chi connectivity index (χ1) is 11.5. The topological polar surface area (TPSA) is 71.0 Å². The number of aromatic nitrogens is 3. The SMILES string of the molecule is CSc1nc(C)cc(N2CC3(CC3)c3cnc(NC(C)=O)cc32)n1. The highest BCUT2D eigenvalue weighted by molar-refractivity contribution is 7.98. The molecule has 4 rings (SSSR count). The first-order valence-corrected chi connectivity index (χ1v) is 9.18. The van der Waals surface area contributed by atoms with Crippen molar-refractivity contribution < 1.29 is 4.79 Å². The van der Waals surface area contributed by atoms with E-state index in [1.165, 1.54) is 25.3 Å². The summed E-state index contributed by atoms with van der Waals surface area (Å²) >= 11 is 1.55. The molecular formula is C17H19N5OS. The van der Waals surface area contributed by atoms with E-state index in [2.05, 4.69) is 25.2 Å². The van der Waals surface area contributed by atoms with E-state index in [1.807, 2.05) is 31.5 Å². The van der Waals surface area contributed by atoms with Gasteiger partial charge in [0.25, 0.3) is 0 Å². The fourth-order valence-corrected chi connectivity index (χ4v) is 3.76. The zero-order valence-electron chi connectivity index (χ0n) is 14.0. The van der Waals surface area contributed by atoms with Crippen molar-refractivity contribution in [3.05, 3.63) is 29.6 Å². The van der Waals surface area contributed by atoms with E-state index in [4.69, 9.17) is 0 Å². The highest BCUT2D eigenvalue weighted by Gasteiger charge is 2.52. The van der Waals surface area contributed by atoms with E-state index in [0.29, 0.717) is 5.82 Å². The van der Waals surface area contributed by atoms with E-state index < -0.39 is 0 Å². The Hall–Kier alpha value is -2.15. The van der Waals surface area contributed by atoms with Crippen LogP contribution in [0.25, 0.3) is 0 Å². The molecule has 3 heterocycles. The second-order valence-electron chi connectivity index (χ2n) is 6.49. The molecule has 7 heteroatoms. The average Bonchev–Trinajstić information content (AvgIpc) is 3.24. The number of carbonyl (C=O) groups excluding carboxylic acids is 1. The summed E-state index contributed by atoms with van der Waals surface area (Å²) in [4.78, 5) is 27.1. The average molecular weight is 341 g/mol. The Labute approximate surface area is 145 Å². The van der Waals surface area contributed by atoms with E-state index in [0.717, 1.165) is 28.9 Å². The van der Waals surface area contributed by atoms with Crippen LogP contribution in [-0.2, 0) is 10.2 Å². The van der Waals surface area contributed by atoms with Gasteiger partial charge in [-0.3, -0.25) is 4.79 Å². The molecule has 1 aliphatic heterocycles. The van der Waals surface area contributed by atoms with Gasteiger partial charge in [-0.2, -0.15) is 0 Å². The second-order valence-corrected chi connectivity index (χ2v) is 7.26. The first kappa shape index (κ1) is 15.4. The smallest absolute Gasteiger partial charge is 0.222 e. The number of nitrogens with one attached hydrogen (secondary N) is 1. The summed E-state index contributed by atoms with van der Waals surface area (Å²) in [7, 11) is 0. The lowest BCUT2D eigenvalue weighted by molar-refractivity contribution is -0.114. The minimum Gasteiger partial charge on any atom is -0.325 e. The van der Waals surface area contributed by atoms with Crippen LogP contribution in [0.15, 0.2) is 23.5 Å². The molecule has 0 atom stereocenters. The Morgan fingerprint density at radius 1 is 1.33 bits per heavy atom. The quantitative estimate of drug-likeness (QED) is 0.683. The van der Waals surface area contributed by atoms with Gasteiger partial charge < -0.3 is 10.2 Å². The number of anilines is 3. The van der Waals surface area contributed by atoms with Gasteiger partial charge in [0.2, 0.25) is 5.91 Å². The van der Waals surface area contributed by atoms with Gasteiger partial charge in [0.15, 0.2) is 5.16 Å². The predicted molar refractivity (Wildman–Crippen MR) is 95.0 cm³/mol. The van der Waals surface area contributed by atoms with Gasteiger partial charge in [-0.05, 0) is 26.0 Å². The fourth-order valence-electron chi connectivity index (χ4n) is 3.34. The molecule has 2 aliphatic rings. The number of pyridine rings is 1. The zero-order chi connectivity index (χ0) is 16.9. The number of rotatable bonds is 3. The first-order valence-electron chi connectivity index (χ1n) is 7.96. The van der Waals surface area contributed by atoms with E-state index >= 15 is 0 Å². The molecule has 1 fully saturated rings. The van der Waals surface area contributed by atoms with Crippen molar-refractivity contribution in [3.8, 4) is 0 Å². The standard InChI is InChI=1S/C17H19N5OS/c1-10-6-15(21-16(19-10)24-3)22-9-17(4-5-17)12-8-18-14(7-13(12)22)20-11(2)23/h6-8H,4-5,9H2,1-3H3,(H,18,20,23). The van der Waals surface area contributed by atoms with Crippen LogP contribution in [0.4, 0.5) is 17.3 Å². The van der Waals surface area contributed by atoms with Gasteiger partial charge in [-0.25, -0.2) is 15.0 Å². The van der Waals surface area contributed by atoms with Crippen molar-refractivity contribution in [2.24, 2.45) is 0 Å². The lowest BCUT2D eigenvalue weighted by Gasteiger charge is -2.20. The minimum absolute atomic E-state index is 0.115. The minimum atomic E-state index is -0.115. The van der Waals surface area contributed by atoms with Crippen molar-refractivity contribution in [2.75, 3.05) is 23.0 Å². The molecule has 1 N–H and O–H groups in total. The highest BCUT2D eigenvalue weighted by atomic mass is 32.2. The molecule has 0 aromatic carbocycles. The predicted octanol–water partition coefficient (Wildman–Crippen LogP) is 3.04. The molecule has 1 amide bonds. The van der Waals surface area contributed by atoms with Gasteiger partial charge in [-0.1, -0.05) is 11.8 Å². The Morgan fingerprint density at radius 2 is 2.12 bits per heavy atom. The normalized spacial score (nSPS) is 17.0. The lowest BCUT2D eigenvalue weighted by Crippen LogP contribution is -2.20. The number of thioether (sulfide) groups is 1. The third-order valence-electron chi connectivity index (χ3n) is 4.64. The molecule has 124 valence electrons. The Balaban J connectivity index is 1.79. The molecule has 1 saturated carbocycles. The maximum absolute atomic E-state index is 11.3. The van der Waals surface area contributed by atoms with E-state index in [-0.39, 0.29) is 11.3 Å². The van der Waals surface area contributed by atoms with Crippen LogP contribution < -0.4 is 10.2 Å². The second kappa shape index (κ2) is 5.44. The third kappa shape index (κ3) is 2.53. The number of hydrogen-bond acceptors (Lipinski definition) is 6. The van der Waals surface area contributed by atoms with Gasteiger partial charge in [0.05, 0.1) is 5.69 Å². The number of aryl methyl sites for hydroxylation is 1. The summed E-state index contributed by atoms with van der Waals surface area (Å²) in [5.41, 5.74) is 3.52. The number of fused-ring (bicyclic) bond motifs is 2. The maximum Gasteiger partial charge on any atom is 0.222 e. The van der Waals surface area contributed by atoms with Crippen molar-refractivity contribution in [1.82, 2.24) is 15.0 Å². The monoisotopic (exact) mass is 341 g/mol. The van der Waals surface area contributed by atoms with Crippen LogP contribution in [0.5, 0.6) is 0 Å². The summed E-state index contributed by atoms with van der Waals surface area (Å²) < 4.78 is 0. The molecule has 2 aromatic heterocycles. The Kier molecular flexibility index (Phi) is 3.49. The molecule has 0 bridgehead atoms. The van der Waals surface area contributed by atoms with Gasteiger partial charge in [0, 0.05) is 48.5 Å². The molecule has 1 spiro atoms. The molecule has 24 heavy (non-hydrogen) atoms. The molecule has 6 nitrogen and oxygen atoms in total. The molecular weight excluding hydrogens is 322 g/mol. The number of hydrogen-bond donors (Lipinski definition) is 1. The largest absolute Gasteiger partial charge is 0.325 e. The van der Waals surface area contributed by atoms with Crippen molar-refractivity contribution >= 4 is 35.0 Å². The molecule has 0 saturated heterocycles. The molecule has 0 radical (unpaired) electrons. The lowest BCUT2D eigenvalue weighted by atomic mass is 10.0. The number of carbonyl (C=O) groups is 1. The number of amides is 1. The summed E-state index contributed by atoms with van der Waals surface area (Å²) in [5.74, 6) is 1.38. The van der Waals surface area contributed by atoms with Crippen molar-refractivity contribution in [1.29, 1.82) is 0 Å². The van der Waals surface area contributed by atoms with Crippen LogP contribution >= 0.6 is 11.8 Å². The van der Waals surface area contributed by atoms with E-state index in [1.54, 1.807) is 11.8 Å². The molecule has 2 aromatic rings. The molecule has 0 unspecified atom stereocenters. The Bertz CT molecular complexity index is 834. The van der Waals surface area contributed by atoms with Crippen LogP contribution in [-0.4, -0.2) is 33.7 Å². The number of nitrogens with zero attached hydrogens (tertiary/aromatic N) is 4. The molecule has 1 aliphatic carbocycles. The van der Waals surface area contributed by atoms with Crippen LogP contribution in [0.1, 0.15) is 31.0 Å². The maximum atomic E-state index is 11.3. The summed E-state index contributed by atoms with van der Waals surface area (Å²) in [6.07, 6.45) is 6.25.